The number of nitrogens with one attached hydrogen (secondary N) is 2. The zero-order valence-electron chi connectivity index (χ0n) is 14.5. The maximum atomic E-state index is 12.4. The molecule has 0 saturated carbocycles. The molecule has 0 aromatic carbocycles. The van der Waals surface area contributed by atoms with Crippen molar-refractivity contribution in [2.45, 2.75) is 54.7 Å². The lowest BCUT2D eigenvalue weighted by Gasteiger charge is -2.29. The summed E-state index contributed by atoms with van der Waals surface area (Å²) in [6.45, 7) is 0. The number of hydrogen-bond acceptors (Lipinski definition) is 5. The number of halogens is 2. The number of imidazole rings is 1. The summed E-state index contributed by atoms with van der Waals surface area (Å²) in [5, 5.41) is 7.65. The van der Waals surface area contributed by atoms with Gasteiger partial charge in [0.05, 0.1) is 5.75 Å². The fraction of sp³-hybridized carbons (Fsp3) is 0.529. The number of carbonyl (C=O) groups is 1. The molecule has 2 bridgehead atoms. The second-order valence-corrected chi connectivity index (χ2v) is 7.60. The van der Waals surface area contributed by atoms with Gasteiger partial charge in [-0.25, -0.2) is 4.98 Å². The second kappa shape index (κ2) is 9.17. The molecule has 0 radical (unpaired) electrons. The highest BCUT2D eigenvalue weighted by molar-refractivity contribution is 7.98. The van der Waals surface area contributed by atoms with E-state index in [1.807, 2.05) is 23.9 Å². The van der Waals surface area contributed by atoms with Gasteiger partial charge in [-0.3, -0.25) is 4.79 Å². The fourth-order valence-electron chi connectivity index (χ4n) is 3.64. The van der Waals surface area contributed by atoms with Crippen molar-refractivity contribution in [1.29, 1.82) is 0 Å². The summed E-state index contributed by atoms with van der Waals surface area (Å²) in [5.74, 6) is 1.75. The molecule has 26 heavy (non-hydrogen) atoms. The predicted molar refractivity (Wildman–Crippen MR) is 106 cm³/mol. The Morgan fingerprint density at radius 1 is 1.35 bits per heavy atom. The molecule has 2 aromatic rings. The van der Waals surface area contributed by atoms with E-state index in [0.717, 1.165) is 23.8 Å². The van der Waals surface area contributed by atoms with Crippen LogP contribution in [0.3, 0.4) is 0 Å². The van der Waals surface area contributed by atoms with Crippen molar-refractivity contribution >= 4 is 42.5 Å². The maximum absolute atomic E-state index is 12.4. The molecule has 2 atom stereocenters. The molecule has 2 fully saturated rings. The smallest absolute Gasteiger partial charge is 0.287 e. The van der Waals surface area contributed by atoms with Crippen LogP contribution in [-0.4, -0.2) is 33.6 Å². The van der Waals surface area contributed by atoms with Gasteiger partial charge in [-0.2, -0.15) is 0 Å². The number of piperidine rings is 1. The van der Waals surface area contributed by atoms with Crippen molar-refractivity contribution < 1.29 is 9.21 Å². The van der Waals surface area contributed by atoms with Crippen LogP contribution in [0, 0.1) is 0 Å². The van der Waals surface area contributed by atoms with Gasteiger partial charge in [0.1, 0.15) is 5.76 Å². The first-order valence-electron chi connectivity index (χ1n) is 8.43. The molecule has 2 N–H and O–H groups in total. The van der Waals surface area contributed by atoms with Crippen LogP contribution in [0.1, 0.15) is 42.0 Å². The molecule has 4 heterocycles. The van der Waals surface area contributed by atoms with Gasteiger partial charge in [-0.05, 0) is 37.8 Å². The van der Waals surface area contributed by atoms with E-state index in [0.29, 0.717) is 23.6 Å². The topological polar surface area (TPSA) is 72.1 Å². The van der Waals surface area contributed by atoms with Gasteiger partial charge in [0.25, 0.3) is 5.91 Å². The first-order valence-corrected chi connectivity index (χ1v) is 9.41. The van der Waals surface area contributed by atoms with Crippen LogP contribution in [-0.2, 0) is 12.8 Å². The number of aromatic nitrogens is 2. The number of amides is 1. The molecule has 2 saturated heterocycles. The molecular weight excluding hydrogens is 395 g/mol. The van der Waals surface area contributed by atoms with Crippen LogP contribution in [0.5, 0.6) is 0 Å². The zero-order valence-corrected chi connectivity index (χ0v) is 17.0. The molecule has 2 aliphatic rings. The van der Waals surface area contributed by atoms with Crippen molar-refractivity contribution in [3.8, 4) is 0 Å². The molecule has 6 nitrogen and oxygen atoms in total. The summed E-state index contributed by atoms with van der Waals surface area (Å²) in [6.07, 6.45) is 8.18. The highest BCUT2D eigenvalue weighted by Crippen LogP contribution is 2.27. The molecule has 1 amide bonds. The predicted octanol–water partition coefficient (Wildman–Crippen LogP) is 3.16. The average Bonchev–Trinajstić information content (AvgIpc) is 3.26. The summed E-state index contributed by atoms with van der Waals surface area (Å²) in [4.78, 5) is 16.7. The lowest BCUT2D eigenvalue weighted by molar-refractivity contribution is 0.0894. The third-order valence-electron chi connectivity index (χ3n) is 4.81. The molecule has 2 unspecified atom stereocenters. The third-order valence-corrected chi connectivity index (χ3v) is 5.89. The number of fused-ring (bicyclic) bond motifs is 2. The molecule has 9 heteroatoms. The first-order chi connectivity index (χ1) is 11.7. The standard InChI is InChI=1S/C17H22N4O2S.2ClH/c1-21-7-6-18-17(21)24-10-14-4-5-15(23-14)16(22)20-13-8-11-2-3-12(9-13)19-11;;/h4-7,11-13,19H,2-3,8-10H2,1H3,(H,20,22);2*1H. The monoisotopic (exact) mass is 418 g/mol. The Morgan fingerprint density at radius 2 is 2.08 bits per heavy atom. The Bertz CT molecular complexity index is 724. The number of furan rings is 1. The molecule has 2 aromatic heterocycles. The molecule has 4 rings (SSSR count). The Hall–Kier alpha value is -1.15. The minimum absolute atomic E-state index is 0. The van der Waals surface area contributed by atoms with Crippen LogP contribution < -0.4 is 10.6 Å². The number of carbonyl (C=O) groups excluding carboxylic acids is 1. The summed E-state index contributed by atoms with van der Waals surface area (Å²) < 4.78 is 7.67. The van der Waals surface area contributed by atoms with Gasteiger partial charge < -0.3 is 19.6 Å². The number of aryl methyl sites for hydroxylation is 1. The molecule has 2 aliphatic heterocycles. The number of hydrogen-bond donors (Lipinski definition) is 2. The van der Waals surface area contributed by atoms with Crippen LogP contribution in [0.25, 0.3) is 0 Å². The summed E-state index contributed by atoms with van der Waals surface area (Å²) in [5.41, 5.74) is 0. The van der Waals surface area contributed by atoms with Crippen molar-refractivity contribution in [2.24, 2.45) is 7.05 Å². The third kappa shape index (κ3) is 4.76. The van der Waals surface area contributed by atoms with E-state index >= 15 is 0 Å². The van der Waals surface area contributed by atoms with Gasteiger partial charge in [0.15, 0.2) is 10.9 Å². The summed E-state index contributed by atoms with van der Waals surface area (Å²) in [7, 11) is 1.96. The average molecular weight is 419 g/mol. The Morgan fingerprint density at radius 3 is 2.73 bits per heavy atom. The highest BCUT2D eigenvalue weighted by Gasteiger charge is 2.34. The van der Waals surface area contributed by atoms with E-state index in [1.165, 1.54) is 12.8 Å². The zero-order chi connectivity index (χ0) is 16.5. The SMILES string of the molecule is Cl.Cl.Cn1ccnc1SCc1ccc(C(=O)NC2CC3CCC(C2)N3)o1. The lowest BCUT2D eigenvalue weighted by atomic mass is 10.00. The molecule has 0 aliphatic carbocycles. The van der Waals surface area contributed by atoms with Gasteiger partial charge in [-0.1, -0.05) is 11.8 Å². The fourth-order valence-corrected chi connectivity index (χ4v) is 4.46. The van der Waals surface area contributed by atoms with Crippen LogP contribution in [0.2, 0.25) is 0 Å². The Kier molecular flexibility index (Phi) is 7.46. The van der Waals surface area contributed by atoms with Gasteiger partial charge in [0, 0.05) is 37.6 Å². The Balaban J connectivity index is 0.00000121. The minimum Gasteiger partial charge on any atom is -0.455 e. The van der Waals surface area contributed by atoms with E-state index in [-0.39, 0.29) is 36.8 Å². The van der Waals surface area contributed by atoms with Crippen molar-refractivity contribution in [2.75, 3.05) is 0 Å². The van der Waals surface area contributed by atoms with E-state index in [9.17, 15) is 4.79 Å². The normalized spacial score (nSPS) is 23.8. The number of rotatable bonds is 5. The summed E-state index contributed by atoms with van der Waals surface area (Å²) in [6, 6.07) is 5.02. The van der Waals surface area contributed by atoms with Gasteiger partial charge in [0.2, 0.25) is 0 Å². The molecule has 144 valence electrons. The highest BCUT2D eigenvalue weighted by atomic mass is 35.5. The number of nitrogens with zero attached hydrogens (tertiary/aromatic N) is 2. The van der Waals surface area contributed by atoms with Crippen LogP contribution in [0.15, 0.2) is 34.1 Å². The van der Waals surface area contributed by atoms with Crippen LogP contribution in [0.4, 0.5) is 0 Å². The summed E-state index contributed by atoms with van der Waals surface area (Å²) >= 11 is 1.59. The van der Waals surface area contributed by atoms with Crippen molar-refractivity contribution in [3.05, 3.63) is 36.0 Å². The quantitative estimate of drug-likeness (QED) is 0.729. The van der Waals surface area contributed by atoms with Gasteiger partial charge >= 0.3 is 0 Å². The lowest BCUT2D eigenvalue weighted by Crippen LogP contribution is -2.47. The second-order valence-electron chi connectivity index (χ2n) is 6.66. The molecule has 0 spiro atoms. The van der Waals surface area contributed by atoms with E-state index in [1.54, 1.807) is 24.0 Å². The van der Waals surface area contributed by atoms with Crippen molar-refractivity contribution in [1.82, 2.24) is 20.2 Å². The first kappa shape index (κ1) is 21.2. The van der Waals surface area contributed by atoms with E-state index in [4.69, 9.17) is 4.42 Å². The van der Waals surface area contributed by atoms with Gasteiger partial charge in [-0.15, -0.1) is 24.8 Å². The van der Waals surface area contributed by atoms with Crippen LogP contribution >= 0.6 is 36.6 Å². The number of thioether (sulfide) groups is 1. The largest absolute Gasteiger partial charge is 0.455 e. The molecular formula is C17H24Cl2N4O2S. The van der Waals surface area contributed by atoms with E-state index in [2.05, 4.69) is 15.6 Å². The Labute approximate surface area is 169 Å². The maximum Gasteiger partial charge on any atom is 0.287 e. The van der Waals surface area contributed by atoms with Crippen molar-refractivity contribution in [3.63, 3.8) is 0 Å². The minimum atomic E-state index is -0.102. The van der Waals surface area contributed by atoms with E-state index < -0.39 is 0 Å².